The van der Waals surface area contributed by atoms with Crippen LogP contribution in [0.1, 0.15) is 26.6 Å². The minimum absolute atomic E-state index is 0.121. The molecule has 2 aromatic rings. The number of aromatic nitrogens is 2. The van der Waals surface area contributed by atoms with Crippen LogP contribution < -0.4 is 0 Å². The molecule has 1 aromatic heterocycles. The van der Waals surface area contributed by atoms with Crippen molar-refractivity contribution in [3.63, 3.8) is 0 Å². The highest BCUT2D eigenvalue weighted by Crippen LogP contribution is 2.27. The monoisotopic (exact) mass is 346 g/mol. The van der Waals surface area contributed by atoms with E-state index in [1.165, 1.54) is 6.07 Å². The van der Waals surface area contributed by atoms with E-state index in [1.54, 1.807) is 6.07 Å². The number of hydrogen-bond donors (Lipinski definition) is 0. The Balaban J connectivity index is 2.62. The van der Waals surface area contributed by atoms with Crippen molar-refractivity contribution in [3.8, 4) is 0 Å². The molecule has 0 N–H and O–H groups in total. The van der Waals surface area contributed by atoms with Gasteiger partial charge in [0, 0.05) is 24.9 Å². The highest BCUT2D eigenvalue weighted by Gasteiger charge is 2.18. The van der Waals surface area contributed by atoms with Gasteiger partial charge in [-0.25, -0.2) is 9.37 Å². The van der Waals surface area contributed by atoms with Gasteiger partial charge >= 0.3 is 0 Å². The van der Waals surface area contributed by atoms with Crippen molar-refractivity contribution in [2.45, 2.75) is 33.7 Å². The molecule has 2 nitrogen and oxygen atoms in total. The van der Waals surface area contributed by atoms with E-state index in [1.807, 2.05) is 0 Å². The quantitative estimate of drug-likeness (QED) is 0.732. The number of rotatable bonds is 3. The lowest BCUT2D eigenvalue weighted by Crippen LogP contribution is -2.17. The van der Waals surface area contributed by atoms with Crippen LogP contribution in [0.2, 0.25) is 0 Å². The summed E-state index contributed by atoms with van der Waals surface area (Å²) in [4.78, 5) is 4.51. The molecule has 0 radical (unpaired) electrons. The van der Waals surface area contributed by atoms with E-state index in [2.05, 4.69) is 46.3 Å². The number of halogens is 3. The van der Waals surface area contributed by atoms with E-state index in [-0.39, 0.29) is 11.2 Å². The average molecular weight is 348 g/mol. The summed E-state index contributed by atoms with van der Waals surface area (Å²) in [5.74, 6) is 1.14. The van der Waals surface area contributed by atoms with Gasteiger partial charge in [0.25, 0.3) is 0 Å². The Morgan fingerprint density at radius 2 is 2.05 bits per heavy atom. The first-order valence-corrected chi connectivity index (χ1v) is 7.55. The summed E-state index contributed by atoms with van der Waals surface area (Å²) in [6.45, 7) is 7.33. The maximum Gasteiger partial charge on any atom is 0.139 e. The normalized spacial score (nSPS) is 12.3. The Hall–Kier alpha value is -0.610. The van der Waals surface area contributed by atoms with Gasteiger partial charge in [0.05, 0.1) is 15.5 Å². The van der Waals surface area contributed by atoms with Crippen LogP contribution in [0.25, 0.3) is 11.0 Å². The van der Waals surface area contributed by atoms with Gasteiger partial charge in [-0.3, -0.25) is 0 Å². The van der Waals surface area contributed by atoms with Crippen LogP contribution in [-0.4, -0.2) is 15.4 Å². The van der Waals surface area contributed by atoms with Crippen LogP contribution in [-0.2, 0) is 13.0 Å². The van der Waals surface area contributed by atoms with Gasteiger partial charge in [0.1, 0.15) is 11.6 Å². The third-order valence-corrected chi connectivity index (χ3v) is 3.62. The molecular weight excluding hydrogens is 331 g/mol. The molecule has 0 bridgehead atoms. The first kappa shape index (κ1) is 14.8. The number of alkyl halides is 1. The summed E-state index contributed by atoms with van der Waals surface area (Å²) < 4.78 is 16.2. The molecule has 1 heterocycles. The summed E-state index contributed by atoms with van der Waals surface area (Å²) >= 11 is 9.07. The van der Waals surface area contributed by atoms with Crippen molar-refractivity contribution >= 4 is 38.6 Å². The molecule has 0 amide bonds. The zero-order valence-electron chi connectivity index (χ0n) is 11.3. The summed E-state index contributed by atoms with van der Waals surface area (Å²) in [7, 11) is 0. The SMILES string of the molecule is CC(C)(C)Cn1c(CCCl)nc2cc(F)c(Br)cc21. The van der Waals surface area contributed by atoms with Crippen molar-refractivity contribution < 1.29 is 4.39 Å². The number of nitrogens with zero attached hydrogens (tertiary/aromatic N) is 2. The number of fused-ring (bicyclic) bond motifs is 1. The standard InChI is InChI=1S/C14H17BrClFN2/c1-14(2,3)8-19-12-6-9(15)10(17)7-11(12)18-13(19)4-5-16/h6-7H,4-5,8H2,1-3H3. The van der Waals surface area contributed by atoms with Crippen LogP contribution in [0.15, 0.2) is 16.6 Å². The lowest BCUT2D eigenvalue weighted by atomic mass is 9.96. The minimum Gasteiger partial charge on any atom is -0.327 e. The predicted octanol–water partition coefficient (Wildman–Crippen LogP) is 4.77. The third-order valence-electron chi connectivity index (χ3n) is 2.82. The molecule has 0 fully saturated rings. The molecule has 0 aliphatic rings. The highest BCUT2D eigenvalue weighted by atomic mass is 79.9. The lowest BCUT2D eigenvalue weighted by Gasteiger charge is -2.21. The van der Waals surface area contributed by atoms with Crippen LogP contribution in [0.5, 0.6) is 0 Å². The van der Waals surface area contributed by atoms with Crippen LogP contribution in [0, 0.1) is 11.2 Å². The fourth-order valence-corrected chi connectivity index (χ4v) is 2.60. The van der Waals surface area contributed by atoms with Crippen molar-refractivity contribution in [2.24, 2.45) is 5.41 Å². The number of benzene rings is 1. The Morgan fingerprint density at radius 1 is 1.37 bits per heavy atom. The second-order valence-corrected chi connectivity index (χ2v) is 7.10. The van der Waals surface area contributed by atoms with Crippen LogP contribution in [0.3, 0.4) is 0 Å². The first-order chi connectivity index (χ1) is 8.81. The predicted molar refractivity (Wildman–Crippen MR) is 81.3 cm³/mol. The van der Waals surface area contributed by atoms with Gasteiger partial charge in [-0.1, -0.05) is 20.8 Å². The molecule has 0 saturated carbocycles. The Morgan fingerprint density at radius 3 is 2.63 bits per heavy atom. The molecule has 1 aromatic carbocycles. The molecule has 104 valence electrons. The number of aryl methyl sites for hydroxylation is 1. The van der Waals surface area contributed by atoms with E-state index in [4.69, 9.17) is 11.6 Å². The average Bonchev–Trinajstić information content (AvgIpc) is 2.57. The highest BCUT2D eigenvalue weighted by molar-refractivity contribution is 9.10. The van der Waals surface area contributed by atoms with Gasteiger partial charge in [0.2, 0.25) is 0 Å². The van der Waals surface area contributed by atoms with E-state index in [0.29, 0.717) is 22.3 Å². The van der Waals surface area contributed by atoms with Crippen molar-refractivity contribution in [1.29, 1.82) is 0 Å². The first-order valence-electron chi connectivity index (χ1n) is 6.22. The second-order valence-electron chi connectivity index (χ2n) is 5.87. The summed E-state index contributed by atoms with van der Waals surface area (Å²) in [6.07, 6.45) is 0.686. The fraction of sp³-hybridized carbons (Fsp3) is 0.500. The maximum atomic E-state index is 13.6. The molecule has 19 heavy (non-hydrogen) atoms. The number of hydrogen-bond acceptors (Lipinski definition) is 1. The van der Waals surface area contributed by atoms with Gasteiger partial charge in [-0.15, -0.1) is 11.6 Å². The minimum atomic E-state index is -0.287. The molecule has 0 unspecified atom stereocenters. The zero-order chi connectivity index (χ0) is 14.2. The maximum absolute atomic E-state index is 13.6. The molecule has 2 rings (SSSR count). The van der Waals surface area contributed by atoms with Crippen LogP contribution in [0.4, 0.5) is 4.39 Å². The smallest absolute Gasteiger partial charge is 0.139 e. The number of imidazole rings is 1. The third kappa shape index (κ3) is 3.29. The molecule has 0 saturated heterocycles. The summed E-state index contributed by atoms with van der Waals surface area (Å²) in [5.41, 5.74) is 1.75. The molecule has 0 atom stereocenters. The molecular formula is C14H17BrClFN2. The van der Waals surface area contributed by atoms with E-state index < -0.39 is 0 Å². The largest absolute Gasteiger partial charge is 0.327 e. The topological polar surface area (TPSA) is 17.8 Å². The van der Waals surface area contributed by atoms with Crippen molar-refractivity contribution in [3.05, 3.63) is 28.2 Å². The van der Waals surface area contributed by atoms with Crippen LogP contribution >= 0.6 is 27.5 Å². The van der Waals surface area contributed by atoms with Gasteiger partial charge in [0.15, 0.2) is 0 Å². The molecule has 0 aliphatic carbocycles. The van der Waals surface area contributed by atoms with E-state index in [9.17, 15) is 4.39 Å². The van der Waals surface area contributed by atoms with Gasteiger partial charge in [-0.05, 0) is 27.4 Å². The van der Waals surface area contributed by atoms with Crippen molar-refractivity contribution in [1.82, 2.24) is 9.55 Å². The van der Waals surface area contributed by atoms with E-state index in [0.717, 1.165) is 17.9 Å². The van der Waals surface area contributed by atoms with E-state index >= 15 is 0 Å². The van der Waals surface area contributed by atoms with Crippen molar-refractivity contribution in [2.75, 3.05) is 5.88 Å². The Kier molecular flexibility index (Phi) is 4.21. The summed E-state index contributed by atoms with van der Waals surface area (Å²) in [6, 6.07) is 3.26. The Labute approximate surface area is 126 Å². The van der Waals surface area contributed by atoms with Gasteiger partial charge < -0.3 is 4.57 Å². The molecule has 5 heteroatoms. The zero-order valence-corrected chi connectivity index (χ0v) is 13.6. The van der Waals surface area contributed by atoms with Gasteiger partial charge in [-0.2, -0.15) is 0 Å². The molecule has 0 spiro atoms. The molecule has 0 aliphatic heterocycles. The lowest BCUT2D eigenvalue weighted by molar-refractivity contribution is 0.343. The Bertz CT molecular complexity index is 601. The summed E-state index contributed by atoms with van der Waals surface area (Å²) in [5, 5.41) is 0. The second kappa shape index (κ2) is 5.41. The fourth-order valence-electron chi connectivity index (χ4n) is 2.10.